The maximum absolute atomic E-state index is 6.17. The van der Waals surface area contributed by atoms with E-state index >= 15 is 0 Å². The fourth-order valence-electron chi connectivity index (χ4n) is 1.98. The Balaban J connectivity index is 1.85. The third-order valence-corrected chi connectivity index (χ3v) is 3.33. The Bertz CT molecular complexity index is 273. The van der Waals surface area contributed by atoms with E-state index in [1.165, 1.54) is 12.8 Å². The largest absolute Gasteiger partial charge is 0.370 e. The zero-order valence-electron chi connectivity index (χ0n) is 12.1. The maximum atomic E-state index is 6.17. The lowest BCUT2D eigenvalue weighted by Crippen LogP contribution is -2.27. The van der Waals surface area contributed by atoms with Crippen LogP contribution < -0.4 is 0 Å². The van der Waals surface area contributed by atoms with Crippen LogP contribution >= 0.6 is 0 Å². The highest BCUT2D eigenvalue weighted by atomic mass is 16.6. The molecule has 2 aliphatic rings. The number of hydrogen-bond acceptors (Lipinski definition) is 3. The molecule has 3 heteroatoms. The molecule has 108 valence electrons. The second-order valence-corrected chi connectivity index (χ2v) is 5.24. The molecule has 0 aromatic carbocycles. The molecular weight excluding hydrogens is 240 g/mol. The first kappa shape index (κ1) is 14.8. The molecule has 0 N–H and O–H groups in total. The van der Waals surface area contributed by atoms with Gasteiger partial charge in [-0.1, -0.05) is 51.0 Å². The number of unbranched alkanes of at least 4 members (excludes halogenated alkanes) is 2. The molecule has 3 nitrogen and oxygen atoms in total. The van der Waals surface area contributed by atoms with Gasteiger partial charge in [0.15, 0.2) is 0 Å². The molecule has 0 aromatic rings. The monoisotopic (exact) mass is 266 g/mol. The van der Waals surface area contributed by atoms with Crippen LogP contribution in [0.3, 0.4) is 0 Å². The van der Waals surface area contributed by atoms with Crippen molar-refractivity contribution in [2.75, 3.05) is 13.2 Å². The van der Waals surface area contributed by atoms with E-state index in [-0.39, 0.29) is 24.4 Å². The Kier molecular flexibility index (Phi) is 6.08. The Hall–Kier alpha value is -0.640. The molecule has 0 radical (unpaired) electrons. The van der Waals surface area contributed by atoms with Crippen molar-refractivity contribution in [3.05, 3.63) is 24.3 Å². The summed E-state index contributed by atoms with van der Waals surface area (Å²) < 4.78 is 16.9. The van der Waals surface area contributed by atoms with E-state index in [2.05, 4.69) is 38.2 Å². The second-order valence-electron chi connectivity index (χ2n) is 5.24. The predicted octanol–water partition coefficient (Wildman–Crippen LogP) is 3.25. The minimum Gasteiger partial charge on any atom is -0.370 e. The van der Waals surface area contributed by atoms with Gasteiger partial charge in [0.25, 0.3) is 0 Å². The number of epoxide rings is 2. The van der Waals surface area contributed by atoms with Gasteiger partial charge in [0.2, 0.25) is 0 Å². The van der Waals surface area contributed by atoms with Gasteiger partial charge in [-0.3, -0.25) is 0 Å². The highest BCUT2D eigenvalue weighted by Crippen LogP contribution is 2.25. The second kappa shape index (κ2) is 7.83. The third kappa shape index (κ3) is 5.47. The molecule has 4 unspecified atom stereocenters. The van der Waals surface area contributed by atoms with E-state index in [9.17, 15) is 0 Å². The zero-order valence-corrected chi connectivity index (χ0v) is 12.1. The van der Waals surface area contributed by atoms with Crippen molar-refractivity contribution in [3.8, 4) is 0 Å². The van der Waals surface area contributed by atoms with Gasteiger partial charge in [-0.05, 0) is 12.8 Å². The molecule has 0 spiro atoms. The number of hydrogen-bond donors (Lipinski definition) is 0. The molecule has 19 heavy (non-hydrogen) atoms. The van der Waals surface area contributed by atoms with E-state index in [0.29, 0.717) is 0 Å². The first-order valence-electron chi connectivity index (χ1n) is 7.57. The lowest BCUT2D eigenvalue weighted by molar-refractivity contribution is 0.0113. The molecule has 2 saturated heterocycles. The first-order valence-corrected chi connectivity index (χ1v) is 7.57. The Morgan fingerprint density at radius 1 is 0.947 bits per heavy atom. The highest BCUT2D eigenvalue weighted by molar-refractivity contribution is 5.03. The molecule has 0 saturated carbocycles. The summed E-state index contributed by atoms with van der Waals surface area (Å²) in [5.74, 6) is 0. The lowest BCUT2D eigenvalue weighted by Gasteiger charge is -2.18. The Labute approximate surface area is 116 Å². The summed E-state index contributed by atoms with van der Waals surface area (Å²) >= 11 is 0. The zero-order chi connectivity index (χ0) is 13.5. The molecule has 0 bridgehead atoms. The smallest absolute Gasteiger partial charge is 0.111 e. The number of rotatable bonds is 10. The third-order valence-electron chi connectivity index (χ3n) is 3.33. The van der Waals surface area contributed by atoms with Gasteiger partial charge in [0.1, 0.15) is 24.4 Å². The van der Waals surface area contributed by atoms with Crippen molar-refractivity contribution in [1.29, 1.82) is 0 Å². The van der Waals surface area contributed by atoms with Crippen LogP contribution in [-0.2, 0) is 14.2 Å². The normalized spacial score (nSPS) is 28.9. The topological polar surface area (TPSA) is 34.3 Å². The quantitative estimate of drug-likeness (QED) is 0.449. The summed E-state index contributed by atoms with van der Waals surface area (Å²) in [6.45, 7) is 6.00. The van der Waals surface area contributed by atoms with Crippen molar-refractivity contribution in [2.45, 2.75) is 63.9 Å². The molecule has 0 aliphatic carbocycles. The van der Waals surface area contributed by atoms with Gasteiger partial charge in [-0.15, -0.1) is 0 Å². The van der Waals surface area contributed by atoms with Gasteiger partial charge in [-0.2, -0.15) is 0 Å². The minimum atomic E-state index is 0.0760. The molecule has 0 aromatic heterocycles. The highest BCUT2D eigenvalue weighted by Gasteiger charge is 2.38. The average molecular weight is 266 g/mol. The van der Waals surface area contributed by atoms with E-state index in [0.717, 1.165) is 26.1 Å². The van der Waals surface area contributed by atoms with Gasteiger partial charge < -0.3 is 14.2 Å². The van der Waals surface area contributed by atoms with Crippen LogP contribution in [0.4, 0.5) is 0 Å². The summed E-state index contributed by atoms with van der Waals surface area (Å²) in [6, 6.07) is 0. The number of ether oxygens (including phenoxy) is 3. The standard InChI is InChI=1S/C16H26O3/c1-3-5-7-9-13(15-11-17-15)19-14(16-12-18-16)10-8-6-4-2/h7-10,13-16H,3-6,11-12H2,1-2H3/b9-7+,10-8+. The van der Waals surface area contributed by atoms with Crippen LogP contribution in [0.25, 0.3) is 0 Å². The fraction of sp³-hybridized carbons (Fsp3) is 0.750. The van der Waals surface area contributed by atoms with Crippen LogP contribution in [-0.4, -0.2) is 37.6 Å². The van der Waals surface area contributed by atoms with Crippen molar-refractivity contribution in [2.24, 2.45) is 0 Å². The van der Waals surface area contributed by atoms with Crippen LogP contribution in [0.5, 0.6) is 0 Å². The summed E-state index contributed by atoms with van der Waals surface area (Å²) in [7, 11) is 0. The molecular formula is C16H26O3. The van der Waals surface area contributed by atoms with E-state index in [4.69, 9.17) is 14.2 Å². The van der Waals surface area contributed by atoms with Crippen LogP contribution in [0.15, 0.2) is 24.3 Å². The maximum Gasteiger partial charge on any atom is 0.111 e. The van der Waals surface area contributed by atoms with Gasteiger partial charge >= 0.3 is 0 Å². The van der Waals surface area contributed by atoms with Crippen LogP contribution in [0.2, 0.25) is 0 Å². The van der Waals surface area contributed by atoms with Crippen molar-refractivity contribution >= 4 is 0 Å². The average Bonchev–Trinajstić information content (AvgIpc) is 3.29. The van der Waals surface area contributed by atoms with Crippen LogP contribution in [0.1, 0.15) is 39.5 Å². The van der Waals surface area contributed by atoms with Crippen molar-refractivity contribution in [3.63, 3.8) is 0 Å². The van der Waals surface area contributed by atoms with Crippen molar-refractivity contribution < 1.29 is 14.2 Å². The predicted molar refractivity (Wildman–Crippen MR) is 76.2 cm³/mol. The SMILES string of the molecule is CCC/C=C/C(OC(/C=C/CCC)C1CO1)C1CO1. The van der Waals surface area contributed by atoms with Crippen molar-refractivity contribution in [1.82, 2.24) is 0 Å². The molecule has 2 aliphatic heterocycles. The summed E-state index contributed by atoms with van der Waals surface area (Å²) in [4.78, 5) is 0. The molecule has 2 rings (SSSR count). The molecule has 0 amide bonds. The molecule has 2 fully saturated rings. The fourth-order valence-corrected chi connectivity index (χ4v) is 1.98. The molecule has 2 heterocycles. The Morgan fingerprint density at radius 2 is 1.37 bits per heavy atom. The summed E-state index contributed by atoms with van der Waals surface area (Å²) in [5, 5.41) is 0. The van der Waals surface area contributed by atoms with Gasteiger partial charge in [0, 0.05) is 0 Å². The lowest BCUT2D eigenvalue weighted by atomic mass is 10.1. The van der Waals surface area contributed by atoms with E-state index < -0.39 is 0 Å². The molecule has 4 atom stereocenters. The van der Waals surface area contributed by atoms with E-state index in [1.54, 1.807) is 0 Å². The van der Waals surface area contributed by atoms with Crippen LogP contribution in [0, 0.1) is 0 Å². The Morgan fingerprint density at radius 3 is 1.68 bits per heavy atom. The van der Waals surface area contributed by atoms with Gasteiger partial charge in [-0.25, -0.2) is 0 Å². The number of allylic oxidation sites excluding steroid dienone is 2. The van der Waals surface area contributed by atoms with E-state index in [1.807, 2.05) is 0 Å². The summed E-state index contributed by atoms with van der Waals surface area (Å²) in [5.41, 5.74) is 0. The first-order chi connectivity index (χ1) is 9.35. The summed E-state index contributed by atoms with van der Waals surface area (Å²) in [6.07, 6.45) is 13.9. The minimum absolute atomic E-state index is 0.0760. The van der Waals surface area contributed by atoms with Gasteiger partial charge in [0.05, 0.1) is 13.2 Å².